The molecular formula is C17H25Cl. The van der Waals surface area contributed by atoms with Crippen LogP contribution in [0.3, 0.4) is 0 Å². The summed E-state index contributed by atoms with van der Waals surface area (Å²) in [4.78, 5) is 0. The maximum atomic E-state index is 6.86. The fraction of sp³-hybridized carbons (Fsp3) is 0.647. The van der Waals surface area contributed by atoms with E-state index in [9.17, 15) is 0 Å². The van der Waals surface area contributed by atoms with Crippen molar-refractivity contribution in [1.29, 1.82) is 0 Å². The van der Waals surface area contributed by atoms with Gasteiger partial charge in [-0.15, -0.1) is 11.6 Å². The van der Waals surface area contributed by atoms with Gasteiger partial charge in [-0.2, -0.15) is 0 Å². The summed E-state index contributed by atoms with van der Waals surface area (Å²) in [6, 6.07) is 4.53. The Labute approximate surface area is 117 Å². The molecule has 0 heterocycles. The first-order chi connectivity index (χ1) is 8.33. The van der Waals surface area contributed by atoms with Crippen LogP contribution in [-0.4, -0.2) is 0 Å². The molecule has 1 saturated carbocycles. The van der Waals surface area contributed by atoms with Crippen LogP contribution in [-0.2, 0) is 0 Å². The van der Waals surface area contributed by atoms with Gasteiger partial charge in [-0.25, -0.2) is 0 Å². The van der Waals surface area contributed by atoms with Gasteiger partial charge in [-0.05, 0) is 61.6 Å². The molecule has 1 aliphatic rings. The van der Waals surface area contributed by atoms with Crippen LogP contribution in [0.25, 0.3) is 0 Å². The second kappa shape index (κ2) is 4.89. The van der Waals surface area contributed by atoms with Crippen molar-refractivity contribution in [2.24, 2.45) is 11.3 Å². The summed E-state index contributed by atoms with van der Waals surface area (Å²) >= 11 is 6.86. The van der Waals surface area contributed by atoms with Gasteiger partial charge in [0.2, 0.25) is 0 Å². The maximum absolute atomic E-state index is 6.86. The highest BCUT2D eigenvalue weighted by Crippen LogP contribution is 2.52. The summed E-state index contributed by atoms with van der Waals surface area (Å²) in [5.74, 6) is 0.610. The number of halogens is 1. The third-order valence-corrected chi connectivity index (χ3v) is 5.23. The van der Waals surface area contributed by atoms with Crippen LogP contribution in [0.1, 0.15) is 60.7 Å². The van der Waals surface area contributed by atoms with Crippen molar-refractivity contribution in [3.63, 3.8) is 0 Å². The molecule has 1 fully saturated rings. The van der Waals surface area contributed by atoms with Gasteiger partial charge in [-0.1, -0.05) is 38.0 Å². The second-order valence-corrected chi connectivity index (χ2v) is 7.17. The molecule has 2 unspecified atom stereocenters. The van der Waals surface area contributed by atoms with Crippen LogP contribution < -0.4 is 0 Å². The summed E-state index contributed by atoms with van der Waals surface area (Å²) in [6.07, 6.45) is 3.91. The van der Waals surface area contributed by atoms with Gasteiger partial charge in [0.1, 0.15) is 0 Å². The van der Waals surface area contributed by atoms with Gasteiger partial charge >= 0.3 is 0 Å². The van der Waals surface area contributed by atoms with Crippen LogP contribution in [0.15, 0.2) is 12.1 Å². The number of alkyl halides is 1. The Kier molecular flexibility index (Phi) is 3.78. The quantitative estimate of drug-likeness (QED) is 0.600. The largest absolute Gasteiger partial charge is 0.117 e. The third-order valence-electron chi connectivity index (χ3n) is 4.71. The van der Waals surface area contributed by atoms with Gasteiger partial charge in [-0.3, -0.25) is 0 Å². The van der Waals surface area contributed by atoms with Gasteiger partial charge in [0, 0.05) is 0 Å². The molecule has 1 aliphatic carbocycles. The van der Waals surface area contributed by atoms with Crippen LogP contribution >= 0.6 is 11.6 Å². The molecule has 2 rings (SSSR count). The van der Waals surface area contributed by atoms with Crippen LogP contribution in [0, 0.1) is 32.1 Å². The van der Waals surface area contributed by atoms with Gasteiger partial charge < -0.3 is 0 Å². The predicted octanol–water partition coefficient (Wildman–Crippen LogP) is 5.72. The van der Waals surface area contributed by atoms with E-state index < -0.39 is 0 Å². The highest BCUT2D eigenvalue weighted by molar-refractivity contribution is 6.21. The number of rotatable bonds is 2. The first-order valence-corrected chi connectivity index (χ1v) is 7.48. The van der Waals surface area contributed by atoms with Crippen molar-refractivity contribution >= 4 is 11.6 Å². The number of aryl methyl sites for hydroxylation is 3. The lowest BCUT2D eigenvalue weighted by Gasteiger charge is -2.32. The molecular weight excluding hydrogens is 240 g/mol. The molecule has 0 bridgehead atoms. The first-order valence-electron chi connectivity index (χ1n) is 7.05. The highest BCUT2D eigenvalue weighted by atomic mass is 35.5. The fourth-order valence-corrected chi connectivity index (χ4v) is 4.53. The van der Waals surface area contributed by atoms with E-state index in [4.69, 9.17) is 11.6 Å². The summed E-state index contributed by atoms with van der Waals surface area (Å²) in [7, 11) is 0. The summed E-state index contributed by atoms with van der Waals surface area (Å²) in [6.45, 7) is 11.3. The van der Waals surface area contributed by atoms with Crippen LogP contribution in [0.4, 0.5) is 0 Å². The molecule has 0 nitrogen and oxygen atoms in total. The van der Waals surface area contributed by atoms with Gasteiger partial charge in [0.25, 0.3) is 0 Å². The van der Waals surface area contributed by atoms with E-state index in [1.165, 1.54) is 41.5 Å². The normalized spacial score (nSPS) is 24.2. The Morgan fingerprint density at radius 2 is 1.72 bits per heavy atom. The Morgan fingerprint density at radius 1 is 1.17 bits per heavy atom. The summed E-state index contributed by atoms with van der Waals surface area (Å²) in [5, 5.41) is 0.170. The monoisotopic (exact) mass is 264 g/mol. The topological polar surface area (TPSA) is 0 Å². The molecule has 0 amide bonds. The molecule has 0 saturated heterocycles. The van der Waals surface area contributed by atoms with Crippen LogP contribution in [0.2, 0.25) is 0 Å². The molecule has 0 aromatic heterocycles. The van der Waals surface area contributed by atoms with Gasteiger partial charge in [0.15, 0.2) is 0 Å². The minimum atomic E-state index is 0.170. The van der Waals surface area contributed by atoms with E-state index in [1.807, 2.05) is 0 Å². The lowest BCUT2D eigenvalue weighted by molar-refractivity contribution is 0.251. The molecule has 2 atom stereocenters. The number of hydrogen-bond acceptors (Lipinski definition) is 0. The molecule has 100 valence electrons. The van der Waals surface area contributed by atoms with Crippen LogP contribution in [0.5, 0.6) is 0 Å². The minimum absolute atomic E-state index is 0.170. The van der Waals surface area contributed by atoms with Crippen molar-refractivity contribution in [2.45, 2.75) is 59.3 Å². The molecule has 1 aromatic rings. The van der Waals surface area contributed by atoms with Crippen molar-refractivity contribution in [3.05, 3.63) is 34.4 Å². The number of hydrogen-bond donors (Lipinski definition) is 0. The van der Waals surface area contributed by atoms with E-state index in [0.717, 1.165) is 0 Å². The molecule has 1 heteroatoms. The zero-order valence-corrected chi connectivity index (χ0v) is 13.1. The SMILES string of the molecule is Cc1cc(C)c(C(Cl)C2CCCC2(C)C)c(C)c1. The molecule has 1 aromatic carbocycles. The van der Waals surface area contributed by atoms with E-state index in [0.29, 0.717) is 11.3 Å². The molecule has 0 spiro atoms. The maximum Gasteiger partial charge on any atom is 0.0623 e. The molecule has 18 heavy (non-hydrogen) atoms. The van der Waals surface area contributed by atoms with Crippen molar-refractivity contribution in [1.82, 2.24) is 0 Å². The van der Waals surface area contributed by atoms with Crippen molar-refractivity contribution < 1.29 is 0 Å². The highest BCUT2D eigenvalue weighted by Gasteiger charge is 2.40. The Morgan fingerprint density at radius 3 is 2.17 bits per heavy atom. The summed E-state index contributed by atoms with van der Waals surface area (Å²) < 4.78 is 0. The van der Waals surface area contributed by atoms with E-state index in [1.54, 1.807) is 0 Å². The second-order valence-electron chi connectivity index (χ2n) is 6.70. The van der Waals surface area contributed by atoms with Crippen molar-refractivity contribution in [2.75, 3.05) is 0 Å². The molecule has 0 aliphatic heterocycles. The van der Waals surface area contributed by atoms with Crippen molar-refractivity contribution in [3.8, 4) is 0 Å². The zero-order valence-electron chi connectivity index (χ0n) is 12.3. The summed E-state index contributed by atoms with van der Waals surface area (Å²) in [5.41, 5.74) is 5.81. The predicted molar refractivity (Wildman–Crippen MR) is 80.4 cm³/mol. The first kappa shape index (κ1) is 13.9. The average molecular weight is 265 g/mol. The van der Waals surface area contributed by atoms with Gasteiger partial charge in [0.05, 0.1) is 5.38 Å². The fourth-order valence-electron chi connectivity index (χ4n) is 3.72. The average Bonchev–Trinajstić information content (AvgIpc) is 2.56. The lowest BCUT2D eigenvalue weighted by atomic mass is 9.77. The van der Waals surface area contributed by atoms with E-state index >= 15 is 0 Å². The smallest absolute Gasteiger partial charge is 0.0623 e. The van der Waals surface area contributed by atoms with E-state index in [2.05, 4.69) is 46.8 Å². The molecule has 0 N–H and O–H groups in total. The Balaban J connectivity index is 2.37. The zero-order chi connectivity index (χ0) is 13.5. The lowest BCUT2D eigenvalue weighted by Crippen LogP contribution is -2.22. The Hall–Kier alpha value is -0.490. The minimum Gasteiger partial charge on any atom is -0.117 e. The standard InChI is InChI=1S/C17H25Cl/c1-11-9-12(2)15(13(3)10-11)16(18)14-7-6-8-17(14,4)5/h9-10,14,16H,6-8H2,1-5H3. The Bertz CT molecular complexity index is 422. The molecule has 0 radical (unpaired) electrons. The number of benzene rings is 1. The van der Waals surface area contributed by atoms with E-state index in [-0.39, 0.29) is 5.38 Å². The third kappa shape index (κ3) is 2.45.